The molecule has 1 saturated heterocycles. The van der Waals surface area contributed by atoms with E-state index >= 15 is 0 Å². The number of esters is 1. The van der Waals surface area contributed by atoms with E-state index < -0.39 is 54.6 Å². The zero-order valence-electron chi connectivity index (χ0n) is 12.5. The minimum Gasteiger partial charge on any atom is -0.504 e. The van der Waals surface area contributed by atoms with E-state index in [9.17, 15) is 30.3 Å². The Morgan fingerprint density at radius 3 is 2.50 bits per heavy atom. The van der Waals surface area contributed by atoms with Gasteiger partial charge in [-0.1, -0.05) is 0 Å². The van der Waals surface area contributed by atoms with Gasteiger partial charge in [0.2, 0.25) is 5.75 Å². The van der Waals surface area contributed by atoms with Crippen LogP contribution in [0.1, 0.15) is 22.0 Å². The molecule has 0 bridgehead atoms. The van der Waals surface area contributed by atoms with Gasteiger partial charge in [0.05, 0.1) is 19.3 Å². The first-order chi connectivity index (χ1) is 10.9. The summed E-state index contributed by atoms with van der Waals surface area (Å²) in [7, 11) is 1.22. The first kappa shape index (κ1) is 18.2. The number of hydrogen-bond donors (Lipinski definition) is 5. The molecule has 2 heterocycles. The van der Waals surface area contributed by atoms with Gasteiger partial charge in [-0.25, -0.2) is 4.79 Å². The van der Waals surface area contributed by atoms with Crippen molar-refractivity contribution in [2.24, 2.45) is 0 Å². The second-order valence-corrected chi connectivity index (χ2v) is 5.37. The minimum absolute atomic E-state index is 0. The monoisotopic (exact) mass is 346 g/mol. The Kier molecular flexibility index (Phi) is 4.87. The minimum atomic E-state index is -1.51. The molecule has 5 atom stereocenters. The number of methoxy groups -OCH3 is 1. The third-order valence-corrected chi connectivity index (χ3v) is 4.09. The zero-order valence-corrected chi connectivity index (χ0v) is 12.5. The highest BCUT2D eigenvalue weighted by molar-refractivity contribution is 5.95. The van der Waals surface area contributed by atoms with Gasteiger partial charge in [0.15, 0.2) is 17.6 Å². The molecule has 2 aliphatic heterocycles. The molecule has 0 aliphatic carbocycles. The lowest BCUT2D eigenvalue weighted by Crippen LogP contribution is -2.58. The number of aliphatic hydroxyl groups excluding tert-OH is 3. The summed E-state index contributed by atoms with van der Waals surface area (Å²) in [5.74, 6) is -2.16. The summed E-state index contributed by atoms with van der Waals surface area (Å²) in [6.07, 6.45) is -6.50. The molecule has 0 amide bonds. The first-order valence-electron chi connectivity index (χ1n) is 6.87. The highest BCUT2D eigenvalue weighted by Crippen LogP contribution is 2.49. The van der Waals surface area contributed by atoms with Gasteiger partial charge in [-0.15, -0.1) is 0 Å². The second kappa shape index (κ2) is 6.42. The lowest BCUT2D eigenvalue weighted by atomic mass is 9.86. The fraction of sp³-hybridized carbons (Fsp3) is 0.500. The number of phenolic OH excluding ortho intramolecular Hbond substituents is 2. The van der Waals surface area contributed by atoms with E-state index in [1.165, 1.54) is 7.11 Å². The molecule has 7 N–H and O–H groups in total. The average molecular weight is 346 g/mol. The molecule has 10 nitrogen and oxygen atoms in total. The van der Waals surface area contributed by atoms with Gasteiger partial charge in [-0.05, 0) is 6.07 Å². The highest BCUT2D eigenvalue weighted by atomic mass is 16.6. The van der Waals surface area contributed by atoms with E-state index in [-0.39, 0.29) is 22.4 Å². The van der Waals surface area contributed by atoms with Crippen LogP contribution >= 0.6 is 0 Å². The largest absolute Gasteiger partial charge is 0.504 e. The third-order valence-electron chi connectivity index (χ3n) is 4.09. The van der Waals surface area contributed by atoms with Crippen LogP contribution in [0.3, 0.4) is 0 Å². The van der Waals surface area contributed by atoms with Crippen LogP contribution in [0.4, 0.5) is 0 Å². The van der Waals surface area contributed by atoms with Gasteiger partial charge >= 0.3 is 5.97 Å². The maximum absolute atomic E-state index is 12.1. The van der Waals surface area contributed by atoms with Crippen molar-refractivity contribution in [3.8, 4) is 17.2 Å². The van der Waals surface area contributed by atoms with E-state index in [0.717, 1.165) is 6.07 Å². The number of benzene rings is 1. The molecule has 0 saturated carbocycles. The van der Waals surface area contributed by atoms with E-state index in [0.29, 0.717) is 0 Å². The zero-order chi connectivity index (χ0) is 16.9. The van der Waals surface area contributed by atoms with Crippen LogP contribution in [0.25, 0.3) is 0 Å². The van der Waals surface area contributed by atoms with Crippen molar-refractivity contribution in [1.29, 1.82) is 0 Å². The van der Waals surface area contributed by atoms with Crippen LogP contribution in [-0.2, 0) is 9.47 Å². The van der Waals surface area contributed by atoms with Gasteiger partial charge < -0.3 is 45.2 Å². The summed E-state index contributed by atoms with van der Waals surface area (Å²) in [4.78, 5) is 12.1. The number of aliphatic hydroxyl groups is 3. The van der Waals surface area contributed by atoms with Gasteiger partial charge in [0.25, 0.3) is 0 Å². The summed E-state index contributed by atoms with van der Waals surface area (Å²) >= 11 is 0. The van der Waals surface area contributed by atoms with Crippen molar-refractivity contribution < 1.29 is 50.0 Å². The van der Waals surface area contributed by atoms with E-state index in [4.69, 9.17) is 14.2 Å². The number of rotatable bonds is 2. The molecular weight excluding hydrogens is 328 g/mol. The Balaban J connectivity index is 0.00000208. The van der Waals surface area contributed by atoms with E-state index in [1.807, 2.05) is 0 Å². The number of carbonyl (C=O) groups is 1. The standard InChI is InChI=1S/C14H16O9.H2O/c1-21-11-5(16)2-4-7(9(11)18)12-13(23-14(4)20)10(19)8(17)6(3-15)22-12;/h2,6,8,10,12-13,15-19H,3H2,1H3;1H2/t6-,8-,10+,12-,13+;/m1./s1. The molecule has 3 rings (SSSR count). The van der Waals surface area contributed by atoms with E-state index in [1.54, 1.807) is 0 Å². The van der Waals surface area contributed by atoms with Gasteiger partial charge in [0, 0.05) is 5.56 Å². The van der Waals surface area contributed by atoms with Crippen LogP contribution < -0.4 is 4.74 Å². The molecule has 24 heavy (non-hydrogen) atoms. The Hall–Kier alpha value is -2.11. The third kappa shape index (κ3) is 2.44. The van der Waals surface area contributed by atoms with Crippen LogP contribution in [0, 0.1) is 0 Å². The maximum Gasteiger partial charge on any atom is 0.339 e. The van der Waals surface area contributed by atoms with Crippen molar-refractivity contribution in [2.75, 3.05) is 13.7 Å². The molecule has 10 heteroatoms. The van der Waals surface area contributed by atoms with Gasteiger partial charge in [-0.3, -0.25) is 0 Å². The lowest BCUT2D eigenvalue weighted by molar-refractivity contribution is -0.235. The predicted molar refractivity (Wildman–Crippen MR) is 75.9 cm³/mol. The molecule has 1 fully saturated rings. The smallest absolute Gasteiger partial charge is 0.339 e. The van der Waals surface area contributed by atoms with Crippen molar-refractivity contribution >= 4 is 5.97 Å². The molecule has 0 aromatic heterocycles. The van der Waals surface area contributed by atoms with Crippen molar-refractivity contribution in [2.45, 2.75) is 30.5 Å². The van der Waals surface area contributed by atoms with Crippen LogP contribution in [-0.4, -0.2) is 75.1 Å². The molecule has 0 radical (unpaired) electrons. The Labute approximate surface area is 135 Å². The summed E-state index contributed by atoms with van der Waals surface area (Å²) in [6, 6.07) is 1.06. The number of fused-ring (bicyclic) bond motifs is 3. The van der Waals surface area contributed by atoms with Crippen molar-refractivity contribution in [3.63, 3.8) is 0 Å². The quantitative estimate of drug-likeness (QED) is 0.378. The van der Waals surface area contributed by atoms with Crippen molar-refractivity contribution in [3.05, 3.63) is 17.2 Å². The number of carbonyl (C=O) groups excluding carboxylic acids is 1. The topological polar surface area (TPSA) is 177 Å². The fourth-order valence-electron chi connectivity index (χ4n) is 2.95. The molecule has 0 unspecified atom stereocenters. The van der Waals surface area contributed by atoms with E-state index in [2.05, 4.69) is 0 Å². The Morgan fingerprint density at radius 2 is 1.92 bits per heavy atom. The van der Waals surface area contributed by atoms with Crippen molar-refractivity contribution in [1.82, 2.24) is 0 Å². The Bertz CT molecular complexity index is 645. The van der Waals surface area contributed by atoms with Crippen LogP contribution in [0.15, 0.2) is 6.07 Å². The number of hydrogen-bond acceptors (Lipinski definition) is 9. The first-order valence-corrected chi connectivity index (χ1v) is 6.87. The second-order valence-electron chi connectivity index (χ2n) is 5.37. The molecule has 1 aromatic rings. The molecule has 2 aliphatic rings. The van der Waals surface area contributed by atoms with Crippen LogP contribution in [0.2, 0.25) is 0 Å². The van der Waals surface area contributed by atoms with Gasteiger partial charge in [-0.2, -0.15) is 0 Å². The molecule has 134 valence electrons. The number of phenols is 2. The van der Waals surface area contributed by atoms with Crippen LogP contribution in [0.5, 0.6) is 17.2 Å². The summed E-state index contributed by atoms with van der Waals surface area (Å²) < 4.78 is 15.4. The predicted octanol–water partition coefficient (Wildman–Crippen LogP) is -2.03. The highest BCUT2D eigenvalue weighted by Gasteiger charge is 2.52. The maximum atomic E-state index is 12.1. The number of ether oxygens (including phenoxy) is 3. The lowest BCUT2D eigenvalue weighted by Gasteiger charge is -2.44. The normalized spacial score (nSPS) is 31.3. The number of aromatic hydroxyl groups is 2. The molecule has 1 aromatic carbocycles. The Morgan fingerprint density at radius 1 is 1.25 bits per heavy atom. The summed E-state index contributed by atoms with van der Waals surface area (Å²) in [5.41, 5.74) is -0.187. The molecule has 0 spiro atoms. The summed E-state index contributed by atoms with van der Waals surface area (Å²) in [5, 5.41) is 49.3. The molecular formula is C14H18O10. The average Bonchev–Trinajstić information content (AvgIpc) is 2.52. The van der Waals surface area contributed by atoms with Gasteiger partial charge in [0.1, 0.15) is 24.4 Å². The summed E-state index contributed by atoms with van der Waals surface area (Å²) in [6.45, 7) is -0.583. The fourth-order valence-corrected chi connectivity index (χ4v) is 2.95. The SMILES string of the molecule is COc1c(O)cc2c(c1O)[C@H]1O[C@H](CO)[C@@H](O)[C@H](O)[C@@H]1OC2=O.O.